The molecule has 21 heavy (non-hydrogen) atoms. The van der Waals surface area contributed by atoms with E-state index in [0.29, 0.717) is 6.42 Å². The lowest BCUT2D eigenvalue weighted by Gasteiger charge is -2.06. The highest BCUT2D eigenvalue weighted by Gasteiger charge is 2.11. The fraction of sp³-hybridized carbons (Fsp3) is 0.176. The molecule has 0 saturated heterocycles. The van der Waals surface area contributed by atoms with Crippen LogP contribution in [-0.2, 0) is 19.3 Å². The zero-order chi connectivity index (χ0) is 14.7. The Morgan fingerprint density at radius 1 is 1.19 bits per heavy atom. The molecule has 0 aliphatic carbocycles. The molecular formula is C17H14BrN3. The van der Waals surface area contributed by atoms with Gasteiger partial charge in [-0.2, -0.15) is 5.26 Å². The number of aryl methyl sites for hydroxylation is 2. The molecule has 0 bridgehead atoms. The van der Waals surface area contributed by atoms with E-state index in [0.717, 1.165) is 34.2 Å². The highest BCUT2D eigenvalue weighted by Crippen LogP contribution is 2.26. The van der Waals surface area contributed by atoms with Crippen LogP contribution >= 0.6 is 15.9 Å². The van der Waals surface area contributed by atoms with E-state index in [4.69, 9.17) is 5.26 Å². The lowest BCUT2D eigenvalue weighted by atomic mass is 10.1. The van der Waals surface area contributed by atoms with Crippen molar-refractivity contribution in [3.05, 3.63) is 70.2 Å². The molecule has 2 aromatic heterocycles. The first-order chi connectivity index (χ1) is 10.3. The molecule has 0 aliphatic heterocycles. The van der Waals surface area contributed by atoms with Gasteiger partial charge in [0.1, 0.15) is 0 Å². The number of fused-ring (bicyclic) bond motifs is 1. The van der Waals surface area contributed by atoms with Crippen LogP contribution in [0.25, 0.3) is 5.52 Å². The molecule has 0 N–H and O–H groups in total. The minimum Gasteiger partial charge on any atom is -0.316 e. The number of hydrogen-bond donors (Lipinski definition) is 0. The maximum absolute atomic E-state index is 8.92. The smallest absolute Gasteiger partial charge is 0.0813 e. The number of aromatic nitrogens is 2. The van der Waals surface area contributed by atoms with Gasteiger partial charge < -0.3 is 4.40 Å². The second-order valence-corrected chi connectivity index (χ2v) is 5.75. The maximum Gasteiger partial charge on any atom is 0.0813 e. The normalized spacial score (nSPS) is 10.7. The summed E-state index contributed by atoms with van der Waals surface area (Å²) in [5.74, 6) is 0. The van der Waals surface area contributed by atoms with Crippen molar-refractivity contribution in [1.29, 1.82) is 5.26 Å². The third-order valence-electron chi connectivity index (χ3n) is 3.54. The predicted octanol–water partition coefficient (Wildman–Crippen LogP) is 3.95. The summed E-state index contributed by atoms with van der Waals surface area (Å²) in [6.07, 6.45) is 5.95. The van der Waals surface area contributed by atoms with Crippen molar-refractivity contribution in [2.75, 3.05) is 0 Å². The van der Waals surface area contributed by atoms with Crippen LogP contribution in [-0.4, -0.2) is 9.38 Å². The summed E-state index contributed by atoms with van der Waals surface area (Å²) in [6, 6.07) is 14.6. The summed E-state index contributed by atoms with van der Waals surface area (Å²) >= 11 is 3.59. The second-order valence-electron chi connectivity index (χ2n) is 4.90. The Labute approximate surface area is 132 Å². The molecule has 4 heteroatoms. The summed E-state index contributed by atoms with van der Waals surface area (Å²) < 4.78 is 3.06. The predicted molar refractivity (Wildman–Crippen MR) is 86.1 cm³/mol. The second kappa shape index (κ2) is 6.11. The van der Waals surface area contributed by atoms with Crippen LogP contribution in [0, 0.1) is 11.3 Å². The van der Waals surface area contributed by atoms with Gasteiger partial charge in [-0.15, -0.1) is 0 Å². The molecule has 0 fully saturated rings. The summed E-state index contributed by atoms with van der Waals surface area (Å²) in [7, 11) is 0. The highest BCUT2D eigenvalue weighted by molar-refractivity contribution is 9.10. The van der Waals surface area contributed by atoms with Gasteiger partial charge in [0.15, 0.2) is 0 Å². The number of halogens is 1. The first-order valence-corrected chi connectivity index (χ1v) is 7.63. The molecule has 0 atom stereocenters. The van der Waals surface area contributed by atoms with Gasteiger partial charge in [0, 0.05) is 22.6 Å². The van der Waals surface area contributed by atoms with Gasteiger partial charge in [0.05, 0.1) is 23.7 Å². The van der Waals surface area contributed by atoms with Crippen molar-refractivity contribution in [2.45, 2.75) is 19.3 Å². The minimum atomic E-state index is 0.398. The molecule has 3 aromatic rings. The Kier molecular flexibility index (Phi) is 4.03. The quantitative estimate of drug-likeness (QED) is 0.722. The molecule has 0 amide bonds. The summed E-state index contributed by atoms with van der Waals surface area (Å²) in [6.45, 7) is 0. The minimum absolute atomic E-state index is 0.398. The lowest BCUT2D eigenvalue weighted by molar-refractivity contribution is 0.899. The van der Waals surface area contributed by atoms with Gasteiger partial charge in [0.2, 0.25) is 0 Å². The zero-order valence-electron chi connectivity index (χ0n) is 11.5. The largest absolute Gasteiger partial charge is 0.316 e. The Morgan fingerprint density at radius 3 is 2.76 bits per heavy atom. The van der Waals surface area contributed by atoms with Crippen LogP contribution in [0.15, 0.2) is 53.3 Å². The van der Waals surface area contributed by atoms with Gasteiger partial charge in [-0.3, -0.25) is 4.98 Å². The van der Waals surface area contributed by atoms with E-state index in [9.17, 15) is 0 Å². The van der Waals surface area contributed by atoms with Crippen molar-refractivity contribution in [2.24, 2.45) is 0 Å². The third-order valence-corrected chi connectivity index (χ3v) is 4.15. The lowest BCUT2D eigenvalue weighted by Crippen LogP contribution is -2.00. The van der Waals surface area contributed by atoms with Crippen molar-refractivity contribution < 1.29 is 0 Å². The standard InChI is InChI=1S/C17H14BrN3/c18-15-12-14(8-9-19)21-11-10-20-16(17(15)21)7-6-13-4-2-1-3-5-13/h1-5,10-12H,6-8H2. The fourth-order valence-electron chi connectivity index (χ4n) is 2.55. The average Bonchev–Trinajstić information content (AvgIpc) is 2.84. The van der Waals surface area contributed by atoms with E-state index in [1.165, 1.54) is 5.56 Å². The zero-order valence-corrected chi connectivity index (χ0v) is 13.0. The molecule has 3 rings (SSSR count). The van der Waals surface area contributed by atoms with E-state index in [2.05, 4.69) is 55.6 Å². The van der Waals surface area contributed by atoms with Crippen LogP contribution in [0.3, 0.4) is 0 Å². The molecule has 0 spiro atoms. The molecule has 0 aliphatic rings. The maximum atomic E-state index is 8.92. The van der Waals surface area contributed by atoms with Gasteiger partial charge >= 0.3 is 0 Å². The fourth-order valence-corrected chi connectivity index (χ4v) is 3.23. The SMILES string of the molecule is N#CCc1cc(Br)c2c(CCc3ccccc3)nccn12. The van der Waals surface area contributed by atoms with Crippen LogP contribution in [0.2, 0.25) is 0 Å². The van der Waals surface area contributed by atoms with Gasteiger partial charge in [-0.25, -0.2) is 0 Å². The number of nitrogens with zero attached hydrogens (tertiary/aromatic N) is 3. The summed E-state index contributed by atoms with van der Waals surface area (Å²) in [4.78, 5) is 4.52. The Morgan fingerprint density at radius 2 is 2.00 bits per heavy atom. The van der Waals surface area contributed by atoms with Gasteiger partial charge in [-0.1, -0.05) is 30.3 Å². The first-order valence-electron chi connectivity index (χ1n) is 6.84. The summed E-state index contributed by atoms with van der Waals surface area (Å²) in [5.41, 5.74) is 4.42. The topological polar surface area (TPSA) is 41.1 Å². The molecular weight excluding hydrogens is 326 g/mol. The molecule has 0 radical (unpaired) electrons. The van der Waals surface area contributed by atoms with E-state index < -0.39 is 0 Å². The van der Waals surface area contributed by atoms with Gasteiger partial charge in [-0.05, 0) is 40.4 Å². The van der Waals surface area contributed by atoms with Crippen molar-refractivity contribution in [3.63, 3.8) is 0 Å². The monoisotopic (exact) mass is 339 g/mol. The van der Waals surface area contributed by atoms with Crippen molar-refractivity contribution in [1.82, 2.24) is 9.38 Å². The van der Waals surface area contributed by atoms with E-state index in [1.807, 2.05) is 18.3 Å². The van der Waals surface area contributed by atoms with E-state index in [-0.39, 0.29) is 0 Å². The number of rotatable bonds is 4. The van der Waals surface area contributed by atoms with E-state index in [1.54, 1.807) is 6.20 Å². The Balaban J connectivity index is 1.94. The molecule has 2 heterocycles. The van der Waals surface area contributed by atoms with Crippen LogP contribution < -0.4 is 0 Å². The molecule has 0 unspecified atom stereocenters. The highest BCUT2D eigenvalue weighted by atomic mass is 79.9. The van der Waals surface area contributed by atoms with Crippen LogP contribution in [0.1, 0.15) is 17.0 Å². The average molecular weight is 340 g/mol. The van der Waals surface area contributed by atoms with Crippen molar-refractivity contribution >= 4 is 21.4 Å². The van der Waals surface area contributed by atoms with Crippen molar-refractivity contribution in [3.8, 4) is 6.07 Å². The number of hydrogen-bond acceptors (Lipinski definition) is 2. The van der Waals surface area contributed by atoms with Gasteiger partial charge in [0.25, 0.3) is 0 Å². The molecule has 3 nitrogen and oxygen atoms in total. The molecule has 0 saturated carbocycles. The van der Waals surface area contributed by atoms with Crippen LogP contribution in [0.4, 0.5) is 0 Å². The number of benzene rings is 1. The third kappa shape index (κ3) is 2.84. The Hall–Kier alpha value is -2.12. The van der Waals surface area contributed by atoms with Crippen LogP contribution in [0.5, 0.6) is 0 Å². The number of nitriles is 1. The first kappa shape index (κ1) is 13.8. The Bertz CT molecular complexity index is 800. The van der Waals surface area contributed by atoms with E-state index >= 15 is 0 Å². The molecule has 1 aromatic carbocycles. The summed E-state index contributed by atoms with van der Waals surface area (Å²) in [5, 5.41) is 8.92. The molecule has 104 valence electrons.